The summed E-state index contributed by atoms with van der Waals surface area (Å²) in [4.78, 5) is 36.3. The van der Waals surface area contributed by atoms with Gasteiger partial charge >= 0.3 is 5.69 Å². The summed E-state index contributed by atoms with van der Waals surface area (Å²) < 4.78 is 0. The Labute approximate surface area is 151 Å². The minimum absolute atomic E-state index is 0.00864. The monoisotopic (exact) mass is 360 g/mol. The summed E-state index contributed by atoms with van der Waals surface area (Å²) in [6.45, 7) is 5.63. The van der Waals surface area contributed by atoms with E-state index in [1.54, 1.807) is 18.3 Å². The predicted octanol–water partition coefficient (Wildman–Crippen LogP) is 2.53. The van der Waals surface area contributed by atoms with Crippen LogP contribution in [0.4, 0.5) is 0 Å². The van der Waals surface area contributed by atoms with Crippen LogP contribution in [-0.4, -0.2) is 20.9 Å². The van der Waals surface area contributed by atoms with Gasteiger partial charge in [-0.2, -0.15) is 4.98 Å². The van der Waals surface area contributed by atoms with Gasteiger partial charge in [0, 0.05) is 22.7 Å². The van der Waals surface area contributed by atoms with Crippen molar-refractivity contribution in [2.75, 3.05) is 0 Å². The SMILES string of the molecule is Cc1nc(=O)[nH]c(C)c1CCC(=O)N[C@H](C)c1nc2c(s1)CCCC2. The van der Waals surface area contributed by atoms with Crippen LogP contribution in [0.25, 0.3) is 0 Å². The van der Waals surface area contributed by atoms with E-state index < -0.39 is 0 Å². The van der Waals surface area contributed by atoms with Crippen LogP contribution in [0.3, 0.4) is 0 Å². The quantitative estimate of drug-likeness (QED) is 0.858. The molecule has 25 heavy (non-hydrogen) atoms. The van der Waals surface area contributed by atoms with Crippen LogP contribution in [0.1, 0.15) is 64.8 Å². The number of nitrogens with one attached hydrogen (secondary N) is 2. The van der Waals surface area contributed by atoms with Gasteiger partial charge < -0.3 is 10.3 Å². The molecule has 1 atom stereocenters. The number of H-pyrrole nitrogens is 1. The molecule has 0 saturated carbocycles. The molecule has 134 valence electrons. The maximum atomic E-state index is 12.3. The van der Waals surface area contributed by atoms with Crippen LogP contribution in [0.15, 0.2) is 4.79 Å². The van der Waals surface area contributed by atoms with Crippen LogP contribution in [-0.2, 0) is 24.1 Å². The molecular formula is C18H24N4O2S. The highest BCUT2D eigenvalue weighted by Crippen LogP contribution is 2.29. The smallest absolute Gasteiger partial charge is 0.345 e. The molecule has 1 aliphatic carbocycles. The van der Waals surface area contributed by atoms with E-state index in [0.717, 1.165) is 29.1 Å². The summed E-state index contributed by atoms with van der Waals surface area (Å²) in [5.74, 6) is -0.00864. The Morgan fingerprint density at radius 1 is 1.28 bits per heavy atom. The number of aromatic amines is 1. The number of fused-ring (bicyclic) bond motifs is 1. The summed E-state index contributed by atoms with van der Waals surface area (Å²) in [5.41, 5.74) is 3.29. The first kappa shape index (κ1) is 17.8. The average molecular weight is 360 g/mol. The molecule has 1 aliphatic rings. The van der Waals surface area contributed by atoms with Crippen LogP contribution in [0, 0.1) is 13.8 Å². The Hall–Kier alpha value is -2.02. The molecule has 2 aromatic heterocycles. The summed E-state index contributed by atoms with van der Waals surface area (Å²) in [7, 11) is 0. The zero-order valence-corrected chi connectivity index (χ0v) is 15.8. The van der Waals surface area contributed by atoms with E-state index in [4.69, 9.17) is 4.98 Å². The van der Waals surface area contributed by atoms with Crippen molar-refractivity contribution in [3.63, 3.8) is 0 Å². The molecule has 0 aromatic carbocycles. The first-order valence-electron chi connectivity index (χ1n) is 8.78. The van der Waals surface area contributed by atoms with Crippen molar-refractivity contribution in [2.45, 2.75) is 65.3 Å². The van der Waals surface area contributed by atoms with Gasteiger partial charge in [-0.1, -0.05) is 0 Å². The van der Waals surface area contributed by atoms with Crippen LogP contribution >= 0.6 is 11.3 Å². The van der Waals surface area contributed by atoms with Gasteiger partial charge in [0.2, 0.25) is 5.91 Å². The van der Waals surface area contributed by atoms with Crippen molar-refractivity contribution < 1.29 is 4.79 Å². The van der Waals surface area contributed by atoms with Crippen molar-refractivity contribution >= 4 is 17.2 Å². The topological polar surface area (TPSA) is 87.7 Å². The van der Waals surface area contributed by atoms with E-state index in [2.05, 4.69) is 15.3 Å². The number of hydrogen-bond acceptors (Lipinski definition) is 5. The van der Waals surface area contributed by atoms with Crippen molar-refractivity contribution in [1.29, 1.82) is 0 Å². The molecule has 3 rings (SSSR count). The molecule has 6 nitrogen and oxygen atoms in total. The number of aromatic nitrogens is 3. The highest BCUT2D eigenvalue weighted by atomic mass is 32.1. The Kier molecular flexibility index (Phi) is 5.32. The van der Waals surface area contributed by atoms with Gasteiger partial charge in [-0.3, -0.25) is 4.79 Å². The largest absolute Gasteiger partial charge is 0.347 e. The lowest BCUT2D eigenvalue weighted by atomic mass is 10.0. The second-order valence-corrected chi connectivity index (χ2v) is 7.76. The van der Waals surface area contributed by atoms with Gasteiger partial charge in [-0.05, 0) is 58.4 Å². The molecule has 0 aliphatic heterocycles. The third-order valence-electron chi connectivity index (χ3n) is 4.67. The molecule has 0 unspecified atom stereocenters. The molecule has 2 N–H and O–H groups in total. The minimum atomic E-state index is -0.343. The van der Waals surface area contributed by atoms with Crippen molar-refractivity contribution in [3.8, 4) is 0 Å². The zero-order valence-electron chi connectivity index (χ0n) is 14.9. The normalized spacial score (nSPS) is 14.8. The van der Waals surface area contributed by atoms with Gasteiger partial charge in [0.15, 0.2) is 0 Å². The van der Waals surface area contributed by atoms with Crippen LogP contribution < -0.4 is 11.0 Å². The lowest BCUT2D eigenvalue weighted by molar-refractivity contribution is -0.121. The minimum Gasteiger partial charge on any atom is -0.347 e. The number of aryl methyl sites for hydroxylation is 4. The summed E-state index contributed by atoms with van der Waals surface area (Å²) >= 11 is 1.73. The Bertz CT molecular complexity index is 790. The van der Waals surface area contributed by atoms with Gasteiger partial charge in [0.25, 0.3) is 0 Å². The molecule has 2 heterocycles. The molecule has 0 spiro atoms. The van der Waals surface area contributed by atoms with Gasteiger partial charge in [0.05, 0.1) is 11.7 Å². The number of carbonyl (C=O) groups excluding carboxylic acids is 1. The second-order valence-electron chi connectivity index (χ2n) is 6.65. The third kappa shape index (κ3) is 4.15. The Morgan fingerprint density at radius 2 is 2.04 bits per heavy atom. The molecule has 0 saturated heterocycles. The van der Waals surface area contributed by atoms with Crippen LogP contribution in [0.2, 0.25) is 0 Å². The number of rotatable bonds is 5. The van der Waals surface area contributed by atoms with Gasteiger partial charge in [-0.25, -0.2) is 9.78 Å². The Morgan fingerprint density at radius 3 is 2.76 bits per heavy atom. The summed E-state index contributed by atoms with van der Waals surface area (Å²) in [6.07, 6.45) is 5.55. The molecule has 0 fully saturated rings. The van der Waals surface area contributed by atoms with Crippen LogP contribution in [0.5, 0.6) is 0 Å². The molecule has 1 amide bonds. The number of nitrogens with zero attached hydrogens (tertiary/aromatic N) is 2. The Balaban J connectivity index is 1.59. The standard InChI is InChI=1S/C18H24N4O2S/c1-10-13(11(2)21-18(24)20-10)8-9-16(23)19-12(3)17-22-14-6-4-5-7-15(14)25-17/h12H,4-9H2,1-3H3,(H,19,23)(H,20,21,24)/t12-/m1/s1. The maximum absolute atomic E-state index is 12.3. The fourth-order valence-corrected chi connectivity index (χ4v) is 4.45. The highest BCUT2D eigenvalue weighted by Gasteiger charge is 2.19. The lowest BCUT2D eigenvalue weighted by Gasteiger charge is -2.12. The van der Waals surface area contributed by atoms with E-state index >= 15 is 0 Å². The number of thiazole rings is 1. The van der Waals surface area contributed by atoms with Crippen molar-refractivity contribution in [1.82, 2.24) is 20.3 Å². The van der Waals surface area contributed by atoms with E-state index in [-0.39, 0.29) is 17.6 Å². The fourth-order valence-electron chi connectivity index (χ4n) is 3.29. The molecule has 0 bridgehead atoms. The van der Waals surface area contributed by atoms with Crippen molar-refractivity contribution in [2.24, 2.45) is 0 Å². The highest BCUT2D eigenvalue weighted by molar-refractivity contribution is 7.11. The van der Waals surface area contributed by atoms with E-state index in [9.17, 15) is 9.59 Å². The third-order valence-corrected chi connectivity index (χ3v) is 6.01. The lowest BCUT2D eigenvalue weighted by Crippen LogP contribution is -2.27. The zero-order chi connectivity index (χ0) is 18.0. The molecule has 0 radical (unpaired) electrons. The van der Waals surface area contributed by atoms with E-state index in [1.807, 2.05) is 13.8 Å². The number of hydrogen-bond donors (Lipinski definition) is 2. The summed E-state index contributed by atoms with van der Waals surface area (Å²) in [5, 5.41) is 4.04. The number of carbonyl (C=O) groups is 1. The number of amides is 1. The average Bonchev–Trinajstić information content (AvgIpc) is 2.98. The van der Waals surface area contributed by atoms with Gasteiger partial charge in [-0.15, -0.1) is 11.3 Å². The maximum Gasteiger partial charge on any atom is 0.345 e. The predicted molar refractivity (Wildman–Crippen MR) is 98.0 cm³/mol. The fraction of sp³-hybridized carbons (Fsp3) is 0.556. The summed E-state index contributed by atoms with van der Waals surface area (Å²) in [6, 6.07) is -0.0704. The first-order valence-corrected chi connectivity index (χ1v) is 9.60. The molecule has 2 aromatic rings. The first-order chi connectivity index (χ1) is 11.9. The second kappa shape index (κ2) is 7.47. The van der Waals surface area contributed by atoms with E-state index in [1.165, 1.54) is 23.4 Å². The molecule has 7 heteroatoms. The van der Waals surface area contributed by atoms with E-state index in [0.29, 0.717) is 18.5 Å². The van der Waals surface area contributed by atoms with Crippen molar-refractivity contribution in [3.05, 3.63) is 43.0 Å². The van der Waals surface area contributed by atoms with Gasteiger partial charge in [0.1, 0.15) is 5.01 Å². The molecular weight excluding hydrogens is 336 g/mol.